The van der Waals surface area contributed by atoms with Crippen molar-refractivity contribution in [3.05, 3.63) is 11.3 Å². The van der Waals surface area contributed by atoms with Crippen LogP contribution in [0.4, 0.5) is 0 Å². The van der Waals surface area contributed by atoms with Gasteiger partial charge in [0.05, 0.1) is 0 Å². The number of ketones is 1. The average Bonchev–Trinajstić information content (AvgIpc) is 2.41. The second-order valence-corrected chi connectivity index (χ2v) is 5.21. The molecule has 0 bridgehead atoms. The number of hydrogen-bond donors (Lipinski definition) is 2. The van der Waals surface area contributed by atoms with Crippen molar-refractivity contribution in [3.63, 3.8) is 0 Å². The Balaban J connectivity index is 2.74. The highest BCUT2D eigenvalue weighted by atomic mass is 16.3. The van der Waals surface area contributed by atoms with E-state index >= 15 is 0 Å². The molecule has 1 unspecified atom stereocenters. The van der Waals surface area contributed by atoms with Crippen LogP contribution in [0.2, 0.25) is 0 Å². The fraction of sp³-hybridized carbons (Fsp3) is 0.750. The van der Waals surface area contributed by atoms with Crippen molar-refractivity contribution >= 4 is 5.78 Å². The molecule has 0 fully saturated rings. The Morgan fingerprint density at radius 3 is 2.40 bits per heavy atom. The van der Waals surface area contributed by atoms with Crippen LogP contribution in [-0.2, 0) is 4.79 Å². The Labute approximate surface area is 90.8 Å². The molecule has 1 atom stereocenters. The summed E-state index contributed by atoms with van der Waals surface area (Å²) >= 11 is 0. The molecule has 0 aromatic heterocycles. The van der Waals surface area contributed by atoms with Crippen molar-refractivity contribution in [1.82, 2.24) is 0 Å². The Hall–Kier alpha value is -0.830. The van der Waals surface area contributed by atoms with Gasteiger partial charge in [0.25, 0.3) is 0 Å². The van der Waals surface area contributed by atoms with E-state index in [1.165, 1.54) is 0 Å². The summed E-state index contributed by atoms with van der Waals surface area (Å²) in [4.78, 5) is 11.7. The molecule has 2 N–H and O–H groups in total. The number of aliphatic hydroxyl groups is 2. The number of Topliss-reactive ketones (excluding diaryl/α,β-unsaturated/α-hetero) is 1. The first-order chi connectivity index (χ1) is 6.88. The predicted molar refractivity (Wildman–Crippen MR) is 58.5 cm³/mol. The Morgan fingerprint density at radius 2 is 2.00 bits per heavy atom. The predicted octanol–water partition coefficient (Wildman–Crippen LogP) is 2.21. The lowest BCUT2D eigenvalue weighted by atomic mass is 9.84. The highest BCUT2D eigenvalue weighted by molar-refractivity contribution is 5.98. The summed E-state index contributed by atoms with van der Waals surface area (Å²) in [5.41, 5.74) is 0.712. The van der Waals surface area contributed by atoms with Crippen LogP contribution >= 0.6 is 0 Å². The zero-order chi connectivity index (χ0) is 11.6. The minimum absolute atomic E-state index is 0.0366. The van der Waals surface area contributed by atoms with E-state index in [0.717, 1.165) is 5.57 Å². The van der Waals surface area contributed by atoms with Gasteiger partial charge in [-0.15, -0.1) is 0 Å². The Kier molecular flexibility index (Phi) is 3.55. The maximum atomic E-state index is 11.7. The quantitative estimate of drug-likeness (QED) is 0.754. The first-order valence-electron chi connectivity index (χ1n) is 5.45. The second kappa shape index (κ2) is 4.35. The molecule has 0 saturated heterocycles. The first-order valence-corrected chi connectivity index (χ1v) is 5.45. The second-order valence-electron chi connectivity index (χ2n) is 5.21. The molecule has 86 valence electrons. The summed E-state index contributed by atoms with van der Waals surface area (Å²) in [6.45, 7) is 6.11. The minimum atomic E-state index is -0.145. The Bertz CT molecular complexity index is 284. The van der Waals surface area contributed by atoms with Gasteiger partial charge in [-0.05, 0) is 30.3 Å². The van der Waals surface area contributed by atoms with Gasteiger partial charge < -0.3 is 10.2 Å². The number of carbonyl (C=O) groups is 1. The van der Waals surface area contributed by atoms with Crippen molar-refractivity contribution in [1.29, 1.82) is 0 Å². The first kappa shape index (κ1) is 12.2. The molecular weight excluding hydrogens is 192 g/mol. The number of allylic oxidation sites excluding steroid dienone is 2. The zero-order valence-electron chi connectivity index (χ0n) is 9.71. The third-order valence-corrected chi connectivity index (χ3v) is 2.96. The maximum Gasteiger partial charge on any atom is 0.200 e. The van der Waals surface area contributed by atoms with Crippen LogP contribution in [0.1, 0.15) is 40.0 Å². The smallest absolute Gasteiger partial charge is 0.200 e. The van der Waals surface area contributed by atoms with Crippen molar-refractivity contribution in [2.45, 2.75) is 40.0 Å². The molecular formula is C12H20O3. The largest absolute Gasteiger partial charge is 0.504 e. The van der Waals surface area contributed by atoms with Gasteiger partial charge in [-0.2, -0.15) is 0 Å². The van der Waals surface area contributed by atoms with E-state index in [1.807, 2.05) is 20.8 Å². The molecule has 0 aliphatic heterocycles. The van der Waals surface area contributed by atoms with Crippen LogP contribution in [0.3, 0.4) is 0 Å². The summed E-state index contributed by atoms with van der Waals surface area (Å²) in [6.07, 6.45) is 1.94. The van der Waals surface area contributed by atoms with Crippen molar-refractivity contribution in [2.75, 3.05) is 6.61 Å². The summed E-state index contributed by atoms with van der Waals surface area (Å²) in [5.74, 6) is -0.301. The summed E-state index contributed by atoms with van der Waals surface area (Å²) in [6, 6.07) is 0. The van der Waals surface area contributed by atoms with Gasteiger partial charge in [0.2, 0.25) is 0 Å². The van der Waals surface area contributed by atoms with Crippen LogP contribution < -0.4 is 0 Å². The van der Waals surface area contributed by atoms with E-state index < -0.39 is 0 Å². The fourth-order valence-electron chi connectivity index (χ4n) is 2.01. The van der Waals surface area contributed by atoms with Gasteiger partial charge in [-0.1, -0.05) is 20.8 Å². The molecule has 0 heterocycles. The standard InChI is InChI=1S/C12H20O3/c1-12(2,3)9-7-8(5-4-6-13)10(14)11(9)15/h8,13,15H,4-7H2,1-3H3. The topological polar surface area (TPSA) is 57.5 Å². The molecule has 0 saturated carbocycles. The van der Waals surface area contributed by atoms with Crippen LogP contribution in [0, 0.1) is 11.3 Å². The van der Waals surface area contributed by atoms with E-state index in [4.69, 9.17) is 5.11 Å². The highest BCUT2D eigenvalue weighted by Crippen LogP contribution is 2.40. The third-order valence-electron chi connectivity index (χ3n) is 2.96. The van der Waals surface area contributed by atoms with Gasteiger partial charge in [0, 0.05) is 12.5 Å². The van der Waals surface area contributed by atoms with Crippen LogP contribution in [0.25, 0.3) is 0 Å². The molecule has 1 rings (SSSR count). The van der Waals surface area contributed by atoms with Crippen molar-refractivity contribution < 1.29 is 15.0 Å². The van der Waals surface area contributed by atoms with E-state index in [-0.39, 0.29) is 29.5 Å². The van der Waals surface area contributed by atoms with Gasteiger partial charge in [0.15, 0.2) is 11.5 Å². The normalized spacial score (nSPS) is 22.7. The molecule has 3 nitrogen and oxygen atoms in total. The molecule has 0 aromatic rings. The van der Waals surface area contributed by atoms with Gasteiger partial charge in [-0.25, -0.2) is 0 Å². The third kappa shape index (κ3) is 2.59. The number of carbonyl (C=O) groups excluding carboxylic acids is 1. The SMILES string of the molecule is CC(C)(C)C1=C(O)C(=O)C(CCCO)C1. The lowest BCUT2D eigenvalue weighted by Crippen LogP contribution is -2.10. The lowest BCUT2D eigenvalue weighted by molar-refractivity contribution is -0.120. The molecule has 0 spiro atoms. The average molecular weight is 212 g/mol. The lowest BCUT2D eigenvalue weighted by Gasteiger charge is -2.20. The minimum Gasteiger partial charge on any atom is -0.504 e. The molecule has 1 aliphatic carbocycles. The molecule has 0 amide bonds. The molecule has 15 heavy (non-hydrogen) atoms. The fourth-order valence-corrected chi connectivity index (χ4v) is 2.01. The Morgan fingerprint density at radius 1 is 1.40 bits per heavy atom. The summed E-state index contributed by atoms with van der Waals surface area (Å²) < 4.78 is 0. The molecule has 0 aromatic carbocycles. The molecule has 1 aliphatic rings. The van der Waals surface area contributed by atoms with E-state index in [1.54, 1.807) is 0 Å². The number of aliphatic hydroxyl groups excluding tert-OH is 2. The van der Waals surface area contributed by atoms with Crippen LogP contribution in [0.5, 0.6) is 0 Å². The van der Waals surface area contributed by atoms with E-state index in [0.29, 0.717) is 19.3 Å². The van der Waals surface area contributed by atoms with Crippen molar-refractivity contribution in [3.8, 4) is 0 Å². The van der Waals surface area contributed by atoms with Crippen LogP contribution in [-0.4, -0.2) is 22.6 Å². The van der Waals surface area contributed by atoms with Gasteiger partial charge in [-0.3, -0.25) is 4.79 Å². The van der Waals surface area contributed by atoms with Gasteiger partial charge in [0.1, 0.15) is 0 Å². The number of hydrogen-bond acceptors (Lipinski definition) is 3. The summed E-state index contributed by atoms with van der Waals surface area (Å²) in [5, 5.41) is 18.4. The number of rotatable bonds is 3. The summed E-state index contributed by atoms with van der Waals surface area (Å²) in [7, 11) is 0. The van der Waals surface area contributed by atoms with E-state index in [9.17, 15) is 9.90 Å². The van der Waals surface area contributed by atoms with Crippen LogP contribution in [0.15, 0.2) is 11.3 Å². The maximum absolute atomic E-state index is 11.7. The van der Waals surface area contributed by atoms with E-state index in [2.05, 4.69) is 0 Å². The highest BCUT2D eigenvalue weighted by Gasteiger charge is 2.37. The van der Waals surface area contributed by atoms with Crippen molar-refractivity contribution in [2.24, 2.45) is 11.3 Å². The zero-order valence-corrected chi connectivity index (χ0v) is 9.71. The molecule has 3 heteroatoms. The monoisotopic (exact) mass is 212 g/mol. The molecule has 0 radical (unpaired) electrons. The van der Waals surface area contributed by atoms with Gasteiger partial charge >= 0.3 is 0 Å².